The maximum atomic E-state index is 12.4. The van der Waals surface area contributed by atoms with Crippen molar-refractivity contribution in [2.24, 2.45) is 5.92 Å². The summed E-state index contributed by atoms with van der Waals surface area (Å²) >= 11 is 0. The van der Waals surface area contributed by atoms with Gasteiger partial charge in [-0.1, -0.05) is 13.8 Å². The van der Waals surface area contributed by atoms with Crippen molar-refractivity contribution in [2.75, 3.05) is 0 Å². The van der Waals surface area contributed by atoms with Crippen LogP contribution in [0.15, 0.2) is 16.7 Å². The molecule has 0 bridgehead atoms. The number of nitrogens with zero attached hydrogens (tertiary/aromatic N) is 2. The summed E-state index contributed by atoms with van der Waals surface area (Å²) in [5.74, 6) is 0.743. The summed E-state index contributed by atoms with van der Waals surface area (Å²) in [6.45, 7) is 3.95. The van der Waals surface area contributed by atoms with Crippen LogP contribution in [0.5, 0.6) is 0 Å². The number of pyridine rings is 1. The number of aromatic nitrogens is 2. The number of hydrogen-bond acceptors (Lipinski definition) is 3. The second-order valence-corrected chi connectivity index (χ2v) is 4.25. The average Bonchev–Trinajstić information content (AvgIpc) is 2.55. The molecule has 0 amide bonds. The van der Waals surface area contributed by atoms with Crippen LogP contribution in [0, 0.1) is 5.92 Å². The van der Waals surface area contributed by atoms with Crippen LogP contribution in [-0.4, -0.2) is 9.97 Å². The molecule has 0 aliphatic heterocycles. The normalized spacial score (nSPS) is 12.6. The van der Waals surface area contributed by atoms with E-state index in [1.165, 1.54) is 0 Å². The Kier molecular flexibility index (Phi) is 2.81. The van der Waals surface area contributed by atoms with Crippen LogP contribution in [0.4, 0.5) is 13.2 Å². The topological polar surface area (TPSA) is 38.9 Å². The molecule has 2 heterocycles. The Morgan fingerprint density at radius 3 is 2.65 bits per heavy atom. The third kappa shape index (κ3) is 2.57. The molecular weight excluding hydrogens is 233 g/mol. The molecule has 0 spiro atoms. The van der Waals surface area contributed by atoms with Gasteiger partial charge in [0, 0.05) is 12.6 Å². The molecule has 92 valence electrons. The highest BCUT2D eigenvalue weighted by molar-refractivity contribution is 5.68. The van der Waals surface area contributed by atoms with Gasteiger partial charge in [0.2, 0.25) is 5.71 Å². The molecule has 0 aromatic carbocycles. The first kappa shape index (κ1) is 11.9. The molecule has 2 rings (SSSR count). The van der Waals surface area contributed by atoms with Crippen LogP contribution >= 0.6 is 0 Å². The molecule has 6 heteroatoms. The molecular formula is C11H11F3N2O. The average molecular weight is 244 g/mol. The van der Waals surface area contributed by atoms with E-state index in [4.69, 9.17) is 4.42 Å². The number of alkyl halides is 3. The SMILES string of the molecule is CC(C)Cc1nc2cc(C(F)(F)F)cnc2o1. The van der Waals surface area contributed by atoms with E-state index < -0.39 is 11.7 Å². The molecule has 0 unspecified atom stereocenters. The van der Waals surface area contributed by atoms with Gasteiger partial charge in [0.05, 0.1) is 5.56 Å². The third-order valence-electron chi connectivity index (χ3n) is 2.20. The molecule has 0 N–H and O–H groups in total. The lowest BCUT2D eigenvalue weighted by molar-refractivity contribution is -0.137. The quantitative estimate of drug-likeness (QED) is 0.812. The van der Waals surface area contributed by atoms with Crippen molar-refractivity contribution in [1.29, 1.82) is 0 Å². The van der Waals surface area contributed by atoms with Gasteiger partial charge in [0.25, 0.3) is 0 Å². The molecule has 0 aliphatic carbocycles. The van der Waals surface area contributed by atoms with Crippen LogP contribution in [0.1, 0.15) is 25.3 Å². The number of hydrogen-bond donors (Lipinski definition) is 0. The molecule has 0 radical (unpaired) electrons. The maximum absolute atomic E-state index is 12.4. The minimum Gasteiger partial charge on any atom is -0.422 e. The largest absolute Gasteiger partial charge is 0.422 e. The van der Waals surface area contributed by atoms with Gasteiger partial charge in [-0.05, 0) is 12.0 Å². The summed E-state index contributed by atoms with van der Waals surface area (Å²) in [6, 6.07) is 0.954. The highest BCUT2D eigenvalue weighted by Gasteiger charge is 2.31. The second-order valence-electron chi connectivity index (χ2n) is 4.25. The molecule has 3 nitrogen and oxygen atoms in total. The first-order valence-corrected chi connectivity index (χ1v) is 5.19. The highest BCUT2D eigenvalue weighted by atomic mass is 19.4. The standard InChI is InChI=1S/C11H11F3N2O/c1-6(2)3-9-16-8-4-7(11(12,13)14)5-15-10(8)17-9/h4-6H,3H2,1-2H3. The van der Waals surface area contributed by atoms with Crippen molar-refractivity contribution in [3.63, 3.8) is 0 Å². The summed E-state index contributed by atoms with van der Waals surface area (Å²) in [5, 5.41) is 0. The molecule has 17 heavy (non-hydrogen) atoms. The van der Waals surface area contributed by atoms with Gasteiger partial charge in [-0.25, -0.2) is 9.97 Å². The first-order valence-electron chi connectivity index (χ1n) is 5.19. The van der Waals surface area contributed by atoms with Gasteiger partial charge in [-0.15, -0.1) is 0 Å². The number of oxazole rings is 1. The Morgan fingerprint density at radius 1 is 1.35 bits per heavy atom. The van der Waals surface area contributed by atoms with Crippen molar-refractivity contribution in [3.8, 4) is 0 Å². The fraction of sp³-hybridized carbons (Fsp3) is 0.455. The molecule has 0 atom stereocenters. The molecule has 0 fully saturated rings. The van der Waals surface area contributed by atoms with Gasteiger partial charge in [0.15, 0.2) is 5.89 Å². The number of fused-ring (bicyclic) bond motifs is 1. The summed E-state index contributed by atoms with van der Waals surface area (Å²) in [7, 11) is 0. The maximum Gasteiger partial charge on any atom is 0.417 e. The zero-order valence-corrected chi connectivity index (χ0v) is 9.38. The van der Waals surface area contributed by atoms with Crippen LogP contribution in [0.3, 0.4) is 0 Å². The van der Waals surface area contributed by atoms with Gasteiger partial charge in [-0.3, -0.25) is 0 Å². The minimum absolute atomic E-state index is 0.147. The van der Waals surface area contributed by atoms with Crippen LogP contribution in [0.2, 0.25) is 0 Å². The third-order valence-corrected chi connectivity index (χ3v) is 2.20. The van der Waals surface area contributed by atoms with Gasteiger partial charge < -0.3 is 4.42 Å². The van der Waals surface area contributed by atoms with Gasteiger partial charge >= 0.3 is 6.18 Å². The predicted octanol–water partition coefficient (Wildman–Crippen LogP) is 3.44. The van der Waals surface area contributed by atoms with E-state index in [0.717, 1.165) is 12.3 Å². The Labute approximate surface area is 95.7 Å². The fourth-order valence-corrected chi connectivity index (χ4v) is 1.46. The second kappa shape index (κ2) is 4.01. The summed E-state index contributed by atoms with van der Waals surface area (Å²) in [5.41, 5.74) is -0.515. The summed E-state index contributed by atoms with van der Waals surface area (Å²) in [6.07, 6.45) is -3.07. The lowest BCUT2D eigenvalue weighted by Gasteiger charge is -2.03. The van der Waals surface area contributed by atoms with Crippen LogP contribution in [-0.2, 0) is 12.6 Å². The summed E-state index contributed by atoms with van der Waals surface area (Å²) < 4.78 is 42.6. The molecule has 0 saturated carbocycles. The molecule has 2 aromatic heterocycles. The summed E-state index contributed by atoms with van der Waals surface area (Å²) in [4.78, 5) is 7.62. The zero-order chi connectivity index (χ0) is 12.6. The van der Waals surface area contributed by atoms with Crippen LogP contribution in [0.25, 0.3) is 11.2 Å². The molecule has 0 saturated heterocycles. The lowest BCUT2D eigenvalue weighted by Crippen LogP contribution is -2.04. The van der Waals surface area contributed by atoms with E-state index in [1.807, 2.05) is 13.8 Å². The van der Waals surface area contributed by atoms with E-state index in [-0.39, 0.29) is 11.2 Å². The zero-order valence-electron chi connectivity index (χ0n) is 9.38. The fourth-order valence-electron chi connectivity index (χ4n) is 1.46. The predicted molar refractivity (Wildman–Crippen MR) is 55.3 cm³/mol. The van der Waals surface area contributed by atoms with E-state index in [1.54, 1.807) is 0 Å². The van der Waals surface area contributed by atoms with E-state index in [2.05, 4.69) is 9.97 Å². The molecule has 0 aliphatic rings. The van der Waals surface area contributed by atoms with E-state index in [0.29, 0.717) is 18.2 Å². The van der Waals surface area contributed by atoms with Crippen LogP contribution < -0.4 is 0 Å². The lowest BCUT2D eigenvalue weighted by atomic mass is 10.1. The Balaban J connectivity index is 2.41. The van der Waals surface area contributed by atoms with Crippen molar-refractivity contribution in [3.05, 3.63) is 23.7 Å². The monoisotopic (exact) mass is 244 g/mol. The highest BCUT2D eigenvalue weighted by Crippen LogP contribution is 2.30. The Bertz CT molecular complexity index is 531. The first-order chi connectivity index (χ1) is 7.86. The van der Waals surface area contributed by atoms with E-state index in [9.17, 15) is 13.2 Å². The van der Waals surface area contributed by atoms with Gasteiger partial charge in [-0.2, -0.15) is 13.2 Å². The Hall–Kier alpha value is -1.59. The smallest absolute Gasteiger partial charge is 0.417 e. The van der Waals surface area contributed by atoms with Gasteiger partial charge in [0.1, 0.15) is 5.52 Å². The van der Waals surface area contributed by atoms with E-state index >= 15 is 0 Å². The minimum atomic E-state index is -4.40. The molecule has 2 aromatic rings. The number of rotatable bonds is 2. The van der Waals surface area contributed by atoms with Crippen molar-refractivity contribution in [2.45, 2.75) is 26.4 Å². The number of halogens is 3. The van der Waals surface area contributed by atoms with Crippen molar-refractivity contribution >= 4 is 11.2 Å². The van der Waals surface area contributed by atoms with Crippen molar-refractivity contribution in [1.82, 2.24) is 9.97 Å². The Morgan fingerprint density at radius 2 is 2.06 bits per heavy atom. The van der Waals surface area contributed by atoms with Crippen molar-refractivity contribution < 1.29 is 17.6 Å².